The van der Waals surface area contributed by atoms with Gasteiger partial charge >= 0.3 is 0 Å². The summed E-state index contributed by atoms with van der Waals surface area (Å²) in [5.74, 6) is 1.14. The van der Waals surface area contributed by atoms with Crippen molar-refractivity contribution in [3.05, 3.63) is 12.2 Å². The number of hydrogen-bond acceptors (Lipinski definition) is 4. The number of hydrogen-bond donors (Lipinski definition) is 2. The van der Waals surface area contributed by atoms with Crippen molar-refractivity contribution >= 4 is 5.91 Å². The Labute approximate surface area is 113 Å². The van der Waals surface area contributed by atoms with Gasteiger partial charge < -0.3 is 11.1 Å². The zero-order valence-electron chi connectivity index (χ0n) is 11.7. The number of primary amides is 1. The number of carbonyl (C=O) groups is 1. The van der Waals surface area contributed by atoms with E-state index < -0.39 is 0 Å². The molecule has 6 heteroatoms. The lowest BCUT2D eigenvalue weighted by atomic mass is 9.88. The van der Waals surface area contributed by atoms with Crippen molar-refractivity contribution in [2.24, 2.45) is 17.6 Å². The third kappa shape index (κ3) is 3.53. The summed E-state index contributed by atoms with van der Waals surface area (Å²) in [7, 11) is 0. The van der Waals surface area contributed by atoms with Crippen molar-refractivity contribution < 1.29 is 4.79 Å². The Hall–Kier alpha value is -1.43. The highest BCUT2D eigenvalue weighted by atomic mass is 16.1. The van der Waals surface area contributed by atoms with Crippen LogP contribution in [0, 0.1) is 11.8 Å². The molecule has 1 saturated heterocycles. The fourth-order valence-electron chi connectivity index (χ4n) is 2.65. The van der Waals surface area contributed by atoms with Crippen LogP contribution in [0.4, 0.5) is 0 Å². The number of nitrogens with zero attached hydrogens (tertiary/aromatic N) is 3. The second-order valence-electron chi connectivity index (χ2n) is 5.67. The van der Waals surface area contributed by atoms with E-state index in [1.807, 2.05) is 4.68 Å². The molecule has 1 aromatic rings. The van der Waals surface area contributed by atoms with Crippen molar-refractivity contribution in [1.29, 1.82) is 0 Å². The number of carbonyl (C=O) groups excluding carboxylic acids is 1. The number of nitrogens with one attached hydrogen (secondary N) is 1. The lowest BCUT2D eigenvalue weighted by Gasteiger charge is -2.30. The van der Waals surface area contributed by atoms with E-state index in [9.17, 15) is 4.79 Å². The number of amides is 1. The Morgan fingerprint density at radius 1 is 1.63 bits per heavy atom. The first-order valence-electron chi connectivity index (χ1n) is 6.97. The fraction of sp³-hybridized carbons (Fsp3) is 0.769. The molecule has 6 nitrogen and oxygen atoms in total. The van der Waals surface area contributed by atoms with Crippen LogP contribution in [0.3, 0.4) is 0 Å². The van der Waals surface area contributed by atoms with Gasteiger partial charge in [0.05, 0.1) is 5.92 Å². The predicted molar refractivity (Wildman–Crippen MR) is 72.3 cm³/mol. The first kappa shape index (κ1) is 14.0. The van der Waals surface area contributed by atoms with Gasteiger partial charge in [-0.1, -0.05) is 13.8 Å². The normalized spacial score (nSPS) is 23.7. The minimum absolute atomic E-state index is 0.0846. The van der Waals surface area contributed by atoms with Gasteiger partial charge in [0.15, 0.2) is 0 Å². The number of nitrogens with two attached hydrogens (primary N) is 1. The van der Waals surface area contributed by atoms with E-state index in [-0.39, 0.29) is 17.9 Å². The van der Waals surface area contributed by atoms with Crippen molar-refractivity contribution in [2.75, 3.05) is 6.54 Å². The molecule has 106 valence electrons. The fourth-order valence-corrected chi connectivity index (χ4v) is 2.65. The highest BCUT2D eigenvalue weighted by Crippen LogP contribution is 2.19. The first-order chi connectivity index (χ1) is 9.08. The van der Waals surface area contributed by atoms with E-state index in [0.29, 0.717) is 12.3 Å². The van der Waals surface area contributed by atoms with Crippen molar-refractivity contribution in [3.8, 4) is 0 Å². The van der Waals surface area contributed by atoms with Gasteiger partial charge in [-0.2, -0.15) is 5.10 Å². The Kier molecular flexibility index (Phi) is 4.52. The standard InChI is InChI=1S/C13H23N5O/c1-9(2)7-18-12(16-8-17-18)6-11-10(13(14)19)4-3-5-15-11/h8-11,15H,3-7H2,1-2H3,(H2,14,19). The van der Waals surface area contributed by atoms with Gasteiger partial charge in [-0.25, -0.2) is 9.67 Å². The zero-order valence-corrected chi connectivity index (χ0v) is 11.7. The van der Waals surface area contributed by atoms with Gasteiger partial charge in [0.1, 0.15) is 12.2 Å². The smallest absolute Gasteiger partial charge is 0.222 e. The van der Waals surface area contributed by atoms with Crippen LogP contribution < -0.4 is 11.1 Å². The highest BCUT2D eigenvalue weighted by molar-refractivity contribution is 5.77. The second kappa shape index (κ2) is 6.14. The molecule has 0 aliphatic carbocycles. The summed E-state index contributed by atoms with van der Waals surface area (Å²) >= 11 is 0. The van der Waals surface area contributed by atoms with Gasteiger partial charge in [0.2, 0.25) is 5.91 Å². The van der Waals surface area contributed by atoms with Crippen molar-refractivity contribution in [2.45, 2.75) is 45.7 Å². The molecular formula is C13H23N5O. The largest absolute Gasteiger partial charge is 0.369 e. The van der Waals surface area contributed by atoms with E-state index in [2.05, 4.69) is 29.2 Å². The van der Waals surface area contributed by atoms with E-state index in [1.165, 1.54) is 0 Å². The lowest BCUT2D eigenvalue weighted by molar-refractivity contribution is -0.123. The van der Waals surface area contributed by atoms with Crippen LogP contribution >= 0.6 is 0 Å². The maximum absolute atomic E-state index is 11.5. The van der Waals surface area contributed by atoms with E-state index in [0.717, 1.165) is 31.8 Å². The third-order valence-corrected chi connectivity index (χ3v) is 3.59. The molecule has 2 unspecified atom stereocenters. The molecule has 2 heterocycles. The number of rotatable bonds is 5. The van der Waals surface area contributed by atoms with Crippen LogP contribution in [0.25, 0.3) is 0 Å². The molecule has 2 rings (SSSR count). The summed E-state index contributed by atoms with van der Waals surface area (Å²) in [5, 5.41) is 7.64. The van der Waals surface area contributed by atoms with Gasteiger partial charge in [-0.3, -0.25) is 4.79 Å². The van der Waals surface area contributed by atoms with Crippen LogP contribution in [-0.4, -0.2) is 33.3 Å². The molecule has 0 spiro atoms. The Balaban J connectivity index is 2.06. The Bertz CT molecular complexity index is 428. The Morgan fingerprint density at radius 3 is 3.11 bits per heavy atom. The lowest BCUT2D eigenvalue weighted by Crippen LogP contribution is -2.48. The maximum atomic E-state index is 11.5. The average molecular weight is 265 g/mol. The van der Waals surface area contributed by atoms with Gasteiger partial charge in [-0.15, -0.1) is 0 Å². The topological polar surface area (TPSA) is 85.8 Å². The van der Waals surface area contributed by atoms with E-state index in [1.54, 1.807) is 6.33 Å². The van der Waals surface area contributed by atoms with Crippen LogP contribution in [0.5, 0.6) is 0 Å². The molecule has 1 aromatic heterocycles. The maximum Gasteiger partial charge on any atom is 0.222 e. The molecule has 2 atom stereocenters. The number of aromatic nitrogens is 3. The quantitative estimate of drug-likeness (QED) is 0.803. The molecule has 1 aliphatic heterocycles. The van der Waals surface area contributed by atoms with E-state index in [4.69, 9.17) is 5.73 Å². The summed E-state index contributed by atoms with van der Waals surface area (Å²) in [6.07, 6.45) is 4.16. The summed E-state index contributed by atoms with van der Waals surface area (Å²) in [6, 6.07) is 0.0846. The number of piperidine rings is 1. The molecule has 1 fully saturated rings. The third-order valence-electron chi connectivity index (χ3n) is 3.59. The van der Waals surface area contributed by atoms with Crippen molar-refractivity contribution in [3.63, 3.8) is 0 Å². The zero-order chi connectivity index (χ0) is 13.8. The molecule has 0 bridgehead atoms. The van der Waals surface area contributed by atoms with Crippen LogP contribution in [0.15, 0.2) is 6.33 Å². The summed E-state index contributed by atoms with van der Waals surface area (Å²) in [6.45, 7) is 6.09. The minimum atomic E-state index is -0.216. The molecule has 0 aromatic carbocycles. The summed E-state index contributed by atoms with van der Waals surface area (Å²) in [5.41, 5.74) is 5.48. The molecule has 0 saturated carbocycles. The molecule has 3 N–H and O–H groups in total. The molecule has 1 amide bonds. The molecule has 1 aliphatic rings. The van der Waals surface area contributed by atoms with Gasteiger partial charge in [0.25, 0.3) is 0 Å². The van der Waals surface area contributed by atoms with Crippen LogP contribution in [-0.2, 0) is 17.8 Å². The van der Waals surface area contributed by atoms with Crippen LogP contribution in [0.1, 0.15) is 32.5 Å². The van der Waals surface area contributed by atoms with E-state index >= 15 is 0 Å². The first-order valence-corrected chi connectivity index (χ1v) is 6.97. The molecular weight excluding hydrogens is 242 g/mol. The average Bonchev–Trinajstić information content (AvgIpc) is 2.76. The minimum Gasteiger partial charge on any atom is -0.369 e. The SMILES string of the molecule is CC(C)Cn1ncnc1CC1NCCCC1C(N)=O. The van der Waals surface area contributed by atoms with Gasteiger partial charge in [0, 0.05) is 19.0 Å². The van der Waals surface area contributed by atoms with Gasteiger partial charge in [-0.05, 0) is 25.3 Å². The Morgan fingerprint density at radius 2 is 2.42 bits per heavy atom. The summed E-state index contributed by atoms with van der Waals surface area (Å²) in [4.78, 5) is 15.8. The summed E-state index contributed by atoms with van der Waals surface area (Å²) < 4.78 is 1.93. The monoisotopic (exact) mass is 265 g/mol. The highest BCUT2D eigenvalue weighted by Gasteiger charge is 2.30. The second-order valence-corrected chi connectivity index (χ2v) is 5.67. The molecule has 19 heavy (non-hydrogen) atoms. The predicted octanol–water partition coefficient (Wildman–Crippen LogP) is 0.330. The molecule has 0 radical (unpaired) electrons. The van der Waals surface area contributed by atoms with Crippen LogP contribution in [0.2, 0.25) is 0 Å². The van der Waals surface area contributed by atoms with Crippen molar-refractivity contribution in [1.82, 2.24) is 20.1 Å².